The quantitative estimate of drug-likeness (QED) is 0.705. The maximum Gasteiger partial charge on any atom is 0.333 e. The van der Waals surface area contributed by atoms with Gasteiger partial charge in [-0.25, -0.2) is 10.2 Å². The molecule has 23 heavy (non-hydrogen) atoms. The predicted octanol–water partition coefficient (Wildman–Crippen LogP) is 0.807. The van der Waals surface area contributed by atoms with E-state index in [-0.39, 0.29) is 17.7 Å². The number of carbonyl (C=O) groups excluding carboxylic acids is 3. The average Bonchev–Trinajstić information content (AvgIpc) is 2.59. The highest BCUT2D eigenvalue weighted by molar-refractivity contribution is 5.94. The lowest BCUT2D eigenvalue weighted by molar-refractivity contribution is -0.127. The van der Waals surface area contributed by atoms with Crippen LogP contribution in [0.15, 0.2) is 24.3 Å². The van der Waals surface area contributed by atoms with E-state index in [1.165, 1.54) is 7.05 Å². The zero-order valence-corrected chi connectivity index (χ0v) is 13.4. The van der Waals surface area contributed by atoms with Gasteiger partial charge in [-0.05, 0) is 31.9 Å². The number of nitrogens with zero attached hydrogens (tertiary/aromatic N) is 1. The fourth-order valence-electron chi connectivity index (χ4n) is 2.54. The molecule has 0 aromatic heterocycles. The Morgan fingerprint density at radius 3 is 2.48 bits per heavy atom. The first kappa shape index (κ1) is 16.8. The van der Waals surface area contributed by atoms with E-state index >= 15 is 0 Å². The number of rotatable bonds is 2. The molecule has 1 aliphatic rings. The molecule has 1 heterocycles. The fraction of sp³-hybridized carbons (Fsp3) is 0.438. The molecule has 1 atom stereocenters. The zero-order valence-electron chi connectivity index (χ0n) is 13.4. The van der Waals surface area contributed by atoms with Crippen LogP contribution in [-0.4, -0.2) is 42.9 Å². The van der Waals surface area contributed by atoms with Gasteiger partial charge in [-0.3, -0.25) is 15.0 Å². The molecular weight excluding hydrogens is 296 g/mol. The van der Waals surface area contributed by atoms with Gasteiger partial charge in [0.25, 0.3) is 5.91 Å². The number of hydrazine groups is 1. The topological polar surface area (TPSA) is 90.5 Å². The number of likely N-dealkylation sites (tertiary alicyclic amines) is 1. The molecule has 0 bridgehead atoms. The predicted molar refractivity (Wildman–Crippen MR) is 85.5 cm³/mol. The minimum Gasteiger partial charge on any atom is -0.340 e. The lowest BCUT2D eigenvalue weighted by atomic mass is 9.96. The molecule has 1 saturated heterocycles. The maximum atomic E-state index is 12.5. The third-order valence-corrected chi connectivity index (χ3v) is 3.90. The van der Waals surface area contributed by atoms with Gasteiger partial charge in [0.05, 0.1) is 5.92 Å². The van der Waals surface area contributed by atoms with Crippen LogP contribution in [0.25, 0.3) is 0 Å². The van der Waals surface area contributed by atoms with E-state index in [0.717, 1.165) is 12.0 Å². The van der Waals surface area contributed by atoms with E-state index in [4.69, 9.17) is 0 Å². The molecular formula is C16H22N4O3. The van der Waals surface area contributed by atoms with Gasteiger partial charge >= 0.3 is 6.03 Å². The number of hydrogen-bond acceptors (Lipinski definition) is 3. The molecule has 1 aromatic rings. The molecule has 0 radical (unpaired) electrons. The van der Waals surface area contributed by atoms with E-state index < -0.39 is 6.03 Å². The summed E-state index contributed by atoms with van der Waals surface area (Å²) in [7, 11) is 1.46. The first-order valence-corrected chi connectivity index (χ1v) is 7.64. The smallest absolute Gasteiger partial charge is 0.333 e. The molecule has 0 aliphatic carbocycles. The van der Waals surface area contributed by atoms with E-state index in [1.54, 1.807) is 17.0 Å². The van der Waals surface area contributed by atoms with Crippen molar-refractivity contribution in [3.05, 3.63) is 35.4 Å². The Morgan fingerprint density at radius 1 is 1.13 bits per heavy atom. The second kappa shape index (κ2) is 7.62. The van der Waals surface area contributed by atoms with Crippen molar-refractivity contribution in [3.8, 4) is 0 Å². The summed E-state index contributed by atoms with van der Waals surface area (Å²) < 4.78 is 0. The number of piperidine rings is 1. The lowest BCUT2D eigenvalue weighted by Crippen LogP contribution is -2.51. The normalized spacial score (nSPS) is 17.3. The maximum absolute atomic E-state index is 12.5. The highest BCUT2D eigenvalue weighted by atomic mass is 16.2. The van der Waals surface area contributed by atoms with Crippen molar-refractivity contribution in [2.45, 2.75) is 19.8 Å². The number of urea groups is 1. The van der Waals surface area contributed by atoms with Crippen molar-refractivity contribution in [1.82, 2.24) is 21.1 Å². The molecule has 1 aliphatic heterocycles. The first-order valence-electron chi connectivity index (χ1n) is 7.64. The molecule has 1 unspecified atom stereocenters. The molecule has 7 heteroatoms. The van der Waals surface area contributed by atoms with Crippen LogP contribution in [0, 0.1) is 12.8 Å². The molecule has 4 amide bonds. The third-order valence-electron chi connectivity index (χ3n) is 3.90. The van der Waals surface area contributed by atoms with Gasteiger partial charge in [0, 0.05) is 25.7 Å². The van der Waals surface area contributed by atoms with Crippen molar-refractivity contribution in [1.29, 1.82) is 0 Å². The fourth-order valence-corrected chi connectivity index (χ4v) is 2.54. The van der Waals surface area contributed by atoms with Crippen LogP contribution in [-0.2, 0) is 4.79 Å². The Labute approximate surface area is 135 Å². The molecule has 0 spiro atoms. The van der Waals surface area contributed by atoms with Crippen LogP contribution in [0.4, 0.5) is 4.79 Å². The second-order valence-corrected chi connectivity index (χ2v) is 5.65. The molecule has 1 aromatic carbocycles. The van der Waals surface area contributed by atoms with Gasteiger partial charge in [0.15, 0.2) is 0 Å². The van der Waals surface area contributed by atoms with Crippen molar-refractivity contribution in [3.63, 3.8) is 0 Å². The summed E-state index contributed by atoms with van der Waals surface area (Å²) in [6.07, 6.45) is 1.45. The highest BCUT2D eigenvalue weighted by Crippen LogP contribution is 2.19. The van der Waals surface area contributed by atoms with Crippen LogP contribution in [0.2, 0.25) is 0 Å². The highest BCUT2D eigenvalue weighted by Gasteiger charge is 2.29. The van der Waals surface area contributed by atoms with Crippen LogP contribution >= 0.6 is 0 Å². The summed E-state index contributed by atoms with van der Waals surface area (Å²) in [6, 6.07) is 6.91. The summed E-state index contributed by atoms with van der Waals surface area (Å²) in [5.74, 6) is -0.674. The van der Waals surface area contributed by atoms with Crippen molar-refractivity contribution in [2.24, 2.45) is 5.92 Å². The lowest BCUT2D eigenvalue weighted by Gasteiger charge is -2.32. The van der Waals surface area contributed by atoms with E-state index in [1.807, 2.05) is 19.1 Å². The third kappa shape index (κ3) is 4.45. The van der Waals surface area contributed by atoms with Gasteiger partial charge < -0.3 is 10.2 Å². The molecule has 1 fully saturated rings. The van der Waals surface area contributed by atoms with E-state index in [2.05, 4.69) is 16.2 Å². The molecule has 0 saturated carbocycles. The van der Waals surface area contributed by atoms with Crippen LogP contribution < -0.4 is 16.2 Å². The minimum absolute atomic E-state index is 0.0678. The summed E-state index contributed by atoms with van der Waals surface area (Å²) in [5.41, 5.74) is 6.35. The number of carbonyl (C=O) groups is 3. The number of nitrogens with one attached hydrogen (secondary N) is 3. The van der Waals surface area contributed by atoms with Crippen molar-refractivity contribution in [2.75, 3.05) is 20.1 Å². The Bertz CT molecular complexity index is 585. The summed E-state index contributed by atoms with van der Waals surface area (Å²) >= 11 is 0. The number of hydrogen-bond donors (Lipinski definition) is 3. The number of amides is 4. The monoisotopic (exact) mass is 318 g/mol. The Balaban J connectivity index is 1.94. The average molecular weight is 318 g/mol. The molecule has 2 rings (SSSR count). The Kier molecular flexibility index (Phi) is 5.56. The SMILES string of the molecule is CNC(=O)NNC(=O)C1CCCN(C(=O)c2ccc(C)cc2)C1. The van der Waals surface area contributed by atoms with Gasteiger partial charge in [-0.1, -0.05) is 17.7 Å². The molecule has 124 valence electrons. The van der Waals surface area contributed by atoms with Crippen LogP contribution in [0.3, 0.4) is 0 Å². The van der Waals surface area contributed by atoms with Crippen LogP contribution in [0.1, 0.15) is 28.8 Å². The van der Waals surface area contributed by atoms with E-state index in [9.17, 15) is 14.4 Å². The molecule has 3 N–H and O–H groups in total. The molecule has 7 nitrogen and oxygen atoms in total. The van der Waals surface area contributed by atoms with Crippen LogP contribution in [0.5, 0.6) is 0 Å². The van der Waals surface area contributed by atoms with Gasteiger partial charge in [0.1, 0.15) is 0 Å². The second-order valence-electron chi connectivity index (χ2n) is 5.65. The van der Waals surface area contributed by atoms with Gasteiger partial charge in [0.2, 0.25) is 5.91 Å². The Hall–Kier alpha value is -2.57. The minimum atomic E-state index is -0.484. The Morgan fingerprint density at radius 2 is 1.83 bits per heavy atom. The zero-order chi connectivity index (χ0) is 16.8. The van der Waals surface area contributed by atoms with Crippen molar-refractivity contribution >= 4 is 17.8 Å². The summed E-state index contributed by atoms with van der Waals surface area (Å²) in [4.78, 5) is 37.4. The first-order chi connectivity index (χ1) is 11.0. The van der Waals surface area contributed by atoms with E-state index in [0.29, 0.717) is 25.1 Å². The standard InChI is InChI=1S/C16H22N4O3/c1-11-5-7-12(8-6-11)15(22)20-9-3-4-13(10-20)14(21)18-19-16(23)17-2/h5-8,13H,3-4,9-10H2,1-2H3,(H,18,21)(H2,17,19,23). The van der Waals surface area contributed by atoms with Crippen molar-refractivity contribution < 1.29 is 14.4 Å². The van der Waals surface area contributed by atoms with Gasteiger partial charge in [-0.15, -0.1) is 0 Å². The summed E-state index contributed by atoms with van der Waals surface area (Å²) in [5, 5.41) is 2.35. The largest absolute Gasteiger partial charge is 0.340 e. The van der Waals surface area contributed by atoms with Gasteiger partial charge in [-0.2, -0.15) is 0 Å². The summed E-state index contributed by atoms with van der Waals surface area (Å²) in [6.45, 7) is 2.96. The number of benzene rings is 1. The number of aryl methyl sites for hydroxylation is 1.